The van der Waals surface area contributed by atoms with E-state index in [9.17, 15) is 18.0 Å². The van der Waals surface area contributed by atoms with Crippen molar-refractivity contribution in [3.63, 3.8) is 0 Å². The largest absolute Gasteiger partial charge is 0.573 e. The standard InChI is InChI=1S/C23H16F5N5O3/c24-12-7-14-15(33-9-30-8-16(33)21(29)31-14)6-11(12)22(34)32-3-1-2-17-20(32)19-13(25)4-10(5-18(19)35-17)36-23(26,27)28/h4-9,17,20H,1-3H2,(H2,29,31)/t17-,20+/m0/s1. The van der Waals surface area contributed by atoms with Crippen molar-refractivity contribution in [2.24, 2.45) is 0 Å². The van der Waals surface area contributed by atoms with Gasteiger partial charge in [-0.05, 0) is 18.9 Å². The summed E-state index contributed by atoms with van der Waals surface area (Å²) in [6.45, 7) is 0.168. The number of anilines is 1. The Bertz CT molecular complexity index is 1550. The lowest BCUT2D eigenvalue weighted by Gasteiger charge is -2.36. The summed E-state index contributed by atoms with van der Waals surface area (Å²) in [6.07, 6.45) is -1.89. The summed E-state index contributed by atoms with van der Waals surface area (Å²) in [5.74, 6) is -3.37. The zero-order valence-electron chi connectivity index (χ0n) is 18.2. The third-order valence-corrected chi connectivity index (χ3v) is 6.41. The molecule has 4 heterocycles. The van der Waals surface area contributed by atoms with Gasteiger partial charge in [0.15, 0.2) is 0 Å². The first kappa shape index (κ1) is 22.3. The molecule has 0 unspecified atom stereocenters. The molecule has 6 rings (SSSR count). The molecule has 1 fully saturated rings. The molecule has 0 aliphatic carbocycles. The number of likely N-dealkylation sites (tertiary alicyclic amines) is 1. The van der Waals surface area contributed by atoms with Gasteiger partial charge in [0.1, 0.15) is 46.6 Å². The first-order chi connectivity index (χ1) is 17.1. The monoisotopic (exact) mass is 505 g/mol. The van der Waals surface area contributed by atoms with E-state index in [1.54, 1.807) is 4.40 Å². The van der Waals surface area contributed by atoms with E-state index in [-0.39, 0.29) is 34.8 Å². The first-order valence-corrected chi connectivity index (χ1v) is 10.9. The van der Waals surface area contributed by atoms with E-state index >= 15 is 8.78 Å². The number of hydrogen-bond acceptors (Lipinski definition) is 6. The van der Waals surface area contributed by atoms with Gasteiger partial charge < -0.3 is 20.1 Å². The van der Waals surface area contributed by atoms with Crippen LogP contribution in [0.2, 0.25) is 0 Å². The molecule has 2 atom stereocenters. The SMILES string of the molecule is Nc1nc2cc(F)c(C(=O)N3CCC[C@@H]4Oc5cc(OC(F)(F)F)cc(F)c5[C@@H]43)cc2n2cncc12. The van der Waals surface area contributed by atoms with Crippen LogP contribution in [0.1, 0.15) is 34.8 Å². The fourth-order valence-electron chi connectivity index (χ4n) is 4.98. The maximum atomic E-state index is 15.1. The number of aromatic nitrogens is 3. The molecule has 0 radical (unpaired) electrons. The molecule has 4 aromatic rings. The number of benzene rings is 2. The van der Waals surface area contributed by atoms with Crippen molar-refractivity contribution >= 4 is 28.3 Å². The highest BCUT2D eigenvalue weighted by Crippen LogP contribution is 2.48. The third-order valence-electron chi connectivity index (χ3n) is 6.41. The summed E-state index contributed by atoms with van der Waals surface area (Å²) in [7, 11) is 0. The minimum atomic E-state index is -5.01. The van der Waals surface area contributed by atoms with Crippen molar-refractivity contribution in [3.8, 4) is 11.5 Å². The highest BCUT2D eigenvalue weighted by molar-refractivity contribution is 5.99. The number of carbonyl (C=O) groups is 1. The van der Waals surface area contributed by atoms with Crippen LogP contribution in [0.25, 0.3) is 16.6 Å². The average Bonchev–Trinajstić information content (AvgIpc) is 3.42. The van der Waals surface area contributed by atoms with Crippen molar-refractivity contribution in [1.29, 1.82) is 0 Å². The lowest BCUT2D eigenvalue weighted by Crippen LogP contribution is -2.45. The Kier molecular flexibility index (Phi) is 4.75. The molecule has 186 valence electrons. The number of imidazole rings is 1. The van der Waals surface area contributed by atoms with E-state index in [1.165, 1.54) is 23.5 Å². The van der Waals surface area contributed by atoms with Crippen LogP contribution >= 0.6 is 0 Å². The lowest BCUT2D eigenvalue weighted by molar-refractivity contribution is -0.274. The maximum Gasteiger partial charge on any atom is 0.573 e. The van der Waals surface area contributed by atoms with Gasteiger partial charge in [0.25, 0.3) is 5.91 Å². The quantitative estimate of drug-likeness (QED) is 0.407. The molecule has 2 aromatic carbocycles. The number of nitrogens with zero attached hydrogens (tertiary/aromatic N) is 4. The number of halogens is 5. The van der Waals surface area contributed by atoms with Crippen LogP contribution in [0.4, 0.5) is 27.8 Å². The normalized spacial score (nSPS) is 19.3. The second-order valence-corrected chi connectivity index (χ2v) is 8.57. The Balaban J connectivity index is 1.42. The topological polar surface area (TPSA) is 95.0 Å². The van der Waals surface area contributed by atoms with Crippen molar-refractivity contribution in [2.75, 3.05) is 12.3 Å². The zero-order valence-corrected chi connectivity index (χ0v) is 18.2. The molecule has 36 heavy (non-hydrogen) atoms. The van der Waals surface area contributed by atoms with Gasteiger partial charge in [-0.2, -0.15) is 0 Å². The molecule has 1 amide bonds. The van der Waals surface area contributed by atoms with Gasteiger partial charge in [0.2, 0.25) is 0 Å². The number of rotatable bonds is 2. The third kappa shape index (κ3) is 3.45. The van der Waals surface area contributed by atoms with Gasteiger partial charge in [-0.1, -0.05) is 0 Å². The Labute approximate surface area is 199 Å². The Morgan fingerprint density at radius 3 is 2.72 bits per heavy atom. The summed E-state index contributed by atoms with van der Waals surface area (Å²) in [5.41, 5.74) is 6.62. The molecule has 1 saturated heterocycles. The molecule has 13 heteroatoms. The number of amides is 1. The van der Waals surface area contributed by atoms with Crippen molar-refractivity contribution in [2.45, 2.75) is 31.3 Å². The molecule has 0 spiro atoms. The second kappa shape index (κ2) is 7.67. The second-order valence-electron chi connectivity index (χ2n) is 8.57. The van der Waals surface area contributed by atoms with Crippen molar-refractivity contribution in [3.05, 3.63) is 59.6 Å². The van der Waals surface area contributed by atoms with Crippen LogP contribution in [-0.2, 0) is 0 Å². The van der Waals surface area contributed by atoms with E-state index < -0.39 is 41.8 Å². The summed E-state index contributed by atoms with van der Waals surface area (Å²) in [6, 6.07) is 2.99. The summed E-state index contributed by atoms with van der Waals surface area (Å²) in [5, 5.41) is 0. The van der Waals surface area contributed by atoms with Gasteiger partial charge in [0, 0.05) is 24.7 Å². The van der Waals surface area contributed by atoms with Gasteiger partial charge in [0.05, 0.1) is 34.7 Å². The summed E-state index contributed by atoms with van der Waals surface area (Å²) >= 11 is 0. The van der Waals surface area contributed by atoms with Gasteiger partial charge >= 0.3 is 6.36 Å². The van der Waals surface area contributed by atoms with Gasteiger partial charge in [-0.25, -0.2) is 18.7 Å². The molecular formula is C23H16F5N5O3. The van der Waals surface area contributed by atoms with E-state index in [2.05, 4.69) is 14.7 Å². The molecule has 2 N–H and O–H groups in total. The van der Waals surface area contributed by atoms with E-state index in [4.69, 9.17) is 10.5 Å². The fraction of sp³-hybridized carbons (Fsp3) is 0.261. The number of nitrogens with two attached hydrogens (primary N) is 1. The van der Waals surface area contributed by atoms with Crippen LogP contribution in [0, 0.1) is 11.6 Å². The van der Waals surface area contributed by atoms with Crippen LogP contribution in [0.5, 0.6) is 11.5 Å². The molecular weight excluding hydrogens is 489 g/mol. The molecule has 2 aliphatic rings. The number of piperidine rings is 1. The van der Waals surface area contributed by atoms with E-state index in [1.807, 2.05) is 0 Å². The molecule has 2 aromatic heterocycles. The van der Waals surface area contributed by atoms with Crippen LogP contribution in [0.15, 0.2) is 36.8 Å². The van der Waals surface area contributed by atoms with E-state index in [0.29, 0.717) is 29.9 Å². The van der Waals surface area contributed by atoms with Gasteiger partial charge in [-0.15, -0.1) is 13.2 Å². The molecule has 0 saturated carbocycles. The minimum Gasteiger partial charge on any atom is -0.487 e. The minimum absolute atomic E-state index is 0.0739. The van der Waals surface area contributed by atoms with E-state index in [0.717, 1.165) is 12.1 Å². The fourth-order valence-corrected chi connectivity index (χ4v) is 4.98. The van der Waals surface area contributed by atoms with Crippen molar-refractivity contribution < 1.29 is 36.2 Å². The van der Waals surface area contributed by atoms with Crippen molar-refractivity contribution in [1.82, 2.24) is 19.3 Å². The number of fused-ring (bicyclic) bond motifs is 6. The molecule has 0 bridgehead atoms. The number of ether oxygens (including phenoxy) is 2. The average molecular weight is 505 g/mol. The van der Waals surface area contributed by atoms with Crippen LogP contribution in [0.3, 0.4) is 0 Å². The predicted octanol–water partition coefficient (Wildman–Crippen LogP) is 4.38. The smallest absolute Gasteiger partial charge is 0.487 e. The zero-order chi connectivity index (χ0) is 25.4. The van der Waals surface area contributed by atoms with Crippen LogP contribution < -0.4 is 15.2 Å². The predicted molar refractivity (Wildman–Crippen MR) is 115 cm³/mol. The Morgan fingerprint density at radius 1 is 1.14 bits per heavy atom. The number of carbonyl (C=O) groups excluding carboxylic acids is 1. The molecule has 8 nitrogen and oxygen atoms in total. The lowest BCUT2D eigenvalue weighted by atomic mass is 9.93. The Hall–Kier alpha value is -4.16. The van der Waals surface area contributed by atoms with Gasteiger partial charge in [-0.3, -0.25) is 9.20 Å². The number of hydrogen-bond donors (Lipinski definition) is 1. The highest BCUT2D eigenvalue weighted by Gasteiger charge is 2.46. The highest BCUT2D eigenvalue weighted by atomic mass is 19.4. The first-order valence-electron chi connectivity index (χ1n) is 10.9. The maximum absolute atomic E-state index is 15.1. The molecule has 2 aliphatic heterocycles. The summed E-state index contributed by atoms with van der Waals surface area (Å²) < 4.78 is 79.2. The number of alkyl halides is 3. The summed E-state index contributed by atoms with van der Waals surface area (Å²) in [4.78, 5) is 23.1. The van der Waals surface area contributed by atoms with Crippen LogP contribution in [-0.4, -0.2) is 44.2 Å². The number of nitrogen functional groups attached to an aromatic ring is 1. The Morgan fingerprint density at radius 2 is 1.94 bits per heavy atom.